The number of hydrogen-bond acceptors (Lipinski definition) is 5. The minimum atomic E-state index is -1.58. The number of carbonyl (C=O) groups excluding carboxylic acids is 2. The third-order valence-corrected chi connectivity index (χ3v) is 9.08. The molecule has 4 fully saturated rings. The van der Waals surface area contributed by atoms with Crippen molar-refractivity contribution in [3.8, 4) is 0 Å². The van der Waals surface area contributed by atoms with Gasteiger partial charge in [0.25, 0.3) is 0 Å². The lowest BCUT2D eigenvalue weighted by atomic mass is 9.44. The lowest BCUT2D eigenvalue weighted by Gasteiger charge is -2.60. The van der Waals surface area contributed by atoms with Gasteiger partial charge in [-0.2, -0.15) is 0 Å². The Kier molecular flexibility index (Phi) is 4.18. The molecule has 0 amide bonds. The highest BCUT2D eigenvalue weighted by molar-refractivity contribution is 5.92. The van der Waals surface area contributed by atoms with Gasteiger partial charge in [0.1, 0.15) is 18.0 Å². The number of ketones is 2. The van der Waals surface area contributed by atoms with Crippen molar-refractivity contribution in [1.82, 2.24) is 0 Å². The zero-order valence-electron chi connectivity index (χ0n) is 15.9. The van der Waals surface area contributed by atoms with Crippen molar-refractivity contribution < 1.29 is 24.9 Å². The minimum absolute atomic E-state index is 0.0154. The van der Waals surface area contributed by atoms with E-state index in [0.29, 0.717) is 12.3 Å². The summed E-state index contributed by atoms with van der Waals surface area (Å²) in [6.07, 6.45) is 5.47. The second kappa shape index (κ2) is 5.86. The standard InChI is InChI=1S/C21H32O5/c1-19-7-5-13(23)9-12(19)3-4-14-15-6-8-21(26,17(25)11-22)20(15,2)10-16(24)18(14)19/h12-15,18,22-23,26H,3-11H2,1-2H3/t12-,13-,14-,15-,18+,19-,20-,21-/m0/s1. The predicted molar refractivity (Wildman–Crippen MR) is 95.2 cm³/mol. The topological polar surface area (TPSA) is 94.8 Å². The van der Waals surface area contributed by atoms with Crippen LogP contribution in [0.1, 0.15) is 65.2 Å². The quantitative estimate of drug-likeness (QED) is 0.695. The molecule has 0 saturated heterocycles. The van der Waals surface area contributed by atoms with E-state index in [-0.39, 0.29) is 41.5 Å². The molecule has 4 saturated carbocycles. The van der Waals surface area contributed by atoms with Crippen LogP contribution in [0, 0.1) is 34.5 Å². The molecule has 4 rings (SSSR count). The lowest BCUT2D eigenvalue weighted by Crippen LogP contribution is -2.62. The van der Waals surface area contributed by atoms with Gasteiger partial charge in [0.05, 0.1) is 6.10 Å². The number of aliphatic hydroxyl groups excluding tert-OH is 2. The highest BCUT2D eigenvalue weighted by Gasteiger charge is 2.68. The summed E-state index contributed by atoms with van der Waals surface area (Å²) in [5.41, 5.74) is -2.40. The number of carbonyl (C=O) groups is 2. The average Bonchev–Trinajstić information content (AvgIpc) is 2.86. The molecule has 0 unspecified atom stereocenters. The van der Waals surface area contributed by atoms with Crippen LogP contribution in [0.4, 0.5) is 0 Å². The number of Topliss-reactive ketones (excluding diaryl/α,β-unsaturated/α-hetero) is 2. The molecule has 0 aliphatic heterocycles. The Morgan fingerprint density at radius 2 is 1.88 bits per heavy atom. The van der Waals surface area contributed by atoms with E-state index in [1.165, 1.54) is 0 Å². The Balaban J connectivity index is 1.70. The Bertz CT molecular complexity index is 632. The monoisotopic (exact) mass is 364 g/mol. The zero-order valence-corrected chi connectivity index (χ0v) is 15.9. The van der Waals surface area contributed by atoms with Crippen molar-refractivity contribution in [2.24, 2.45) is 34.5 Å². The van der Waals surface area contributed by atoms with E-state index in [1.54, 1.807) is 0 Å². The largest absolute Gasteiger partial charge is 0.393 e. The van der Waals surface area contributed by atoms with Crippen molar-refractivity contribution in [2.75, 3.05) is 6.61 Å². The maximum atomic E-state index is 13.4. The Morgan fingerprint density at radius 3 is 2.58 bits per heavy atom. The molecular formula is C21H32O5. The van der Waals surface area contributed by atoms with Gasteiger partial charge in [-0.1, -0.05) is 13.8 Å². The molecule has 0 aromatic carbocycles. The second-order valence-corrected chi connectivity index (χ2v) is 10.00. The van der Waals surface area contributed by atoms with E-state index in [9.17, 15) is 24.9 Å². The van der Waals surface area contributed by atoms with Crippen LogP contribution in [0.5, 0.6) is 0 Å². The molecule has 146 valence electrons. The third-order valence-electron chi connectivity index (χ3n) is 9.08. The SMILES string of the molecule is C[C@]12CC[C@H](O)C[C@@H]1CC[C@@H]1[C@@H]2C(=O)C[C@@]2(C)[C@H]1CC[C@]2(O)C(=O)CO. The van der Waals surface area contributed by atoms with Crippen LogP contribution in [0.25, 0.3) is 0 Å². The Morgan fingerprint density at radius 1 is 1.15 bits per heavy atom. The minimum Gasteiger partial charge on any atom is -0.393 e. The van der Waals surface area contributed by atoms with Crippen molar-refractivity contribution in [2.45, 2.75) is 76.9 Å². The molecule has 8 atom stereocenters. The second-order valence-electron chi connectivity index (χ2n) is 10.00. The molecule has 0 heterocycles. The van der Waals surface area contributed by atoms with Gasteiger partial charge in [0.2, 0.25) is 0 Å². The van der Waals surface area contributed by atoms with Crippen LogP contribution < -0.4 is 0 Å². The van der Waals surface area contributed by atoms with E-state index in [1.807, 2.05) is 6.92 Å². The van der Waals surface area contributed by atoms with E-state index >= 15 is 0 Å². The molecule has 4 aliphatic carbocycles. The van der Waals surface area contributed by atoms with Crippen LogP contribution in [-0.4, -0.2) is 45.2 Å². The summed E-state index contributed by atoms with van der Waals surface area (Å²) in [7, 11) is 0. The van der Waals surface area contributed by atoms with Gasteiger partial charge in [-0.15, -0.1) is 0 Å². The molecule has 26 heavy (non-hydrogen) atoms. The first-order valence-corrected chi connectivity index (χ1v) is 10.2. The van der Waals surface area contributed by atoms with Gasteiger partial charge in [-0.05, 0) is 68.1 Å². The summed E-state index contributed by atoms with van der Waals surface area (Å²) in [5.74, 6) is 0.380. The van der Waals surface area contributed by atoms with Gasteiger partial charge in [0, 0.05) is 17.8 Å². The summed E-state index contributed by atoms with van der Waals surface area (Å²) >= 11 is 0. The fraction of sp³-hybridized carbons (Fsp3) is 0.905. The molecule has 3 N–H and O–H groups in total. The van der Waals surface area contributed by atoms with E-state index in [0.717, 1.165) is 38.5 Å². The number of hydrogen-bond donors (Lipinski definition) is 3. The highest BCUT2D eigenvalue weighted by Crippen LogP contribution is 2.67. The number of fused-ring (bicyclic) bond motifs is 5. The van der Waals surface area contributed by atoms with Crippen molar-refractivity contribution in [3.05, 3.63) is 0 Å². The predicted octanol–water partition coefficient (Wildman–Crippen LogP) is 1.86. The van der Waals surface area contributed by atoms with Gasteiger partial charge in [-0.3, -0.25) is 9.59 Å². The van der Waals surface area contributed by atoms with Crippen LogP contribution in [0.15, 0.2) is 0 Å². The fourth-order valence-electron chi connectivity index (χ4n) is 7.64. The molecule has 0 spiro atoms. The first-order valence-electron chi connectivity index (χ1n) is 10.2. The zero-order chi connectivity index (χ0) is 18.9. The summed E-state index contributed by atoms with van der Waals surface area (Å²) in [6, 6.07) is 0. The first-order chi connectivity index (χ1) is 12.2. The molecule has 0 bridgehead atoms. The summed E-state index contributed by atoms with van der Waals surface area (Å²) in [4.78, 5) is 25.7. The van der Waals surface area contributed by atoms with Crippen molar-refractivity contribution in [3.63, 3.8) is 0 Å². The normalized spacial score (nSPS) is 53.6. The van der Waals surface area contributed by atoms with Gasteiger partial charge >= 0.3 is 0 Å². The molecule has 5 heteroatoms. The summed E-state index contributed by atoms with van der Waals surface area (Å²) < 4.78 is 0. The Hall–Kier alpha value is -0.780. The van der Waals surface area contributed by atoms with Crippen molar-refractivity contribution >= 4 is 11.6 Å². The lowest BCUT2D eigenvalue weighted by molar-refractivity contribution is -0.180. The van der Waals surface area contributed by atoms with Crippen LogP contribution in [0.2, 0.25) is 0 Å². The van der Waals surface area contributed by atoms with Gasteiger partial charge < -0.3 is 15.3 Å². The van der Waals surface area contributed by atoms with Gasteiger partial charge in [-0.25, -0.2) is 0 Å². The molecular weight excluding hydrogens is 332 g/mol. The maximum absolute atomic E-state index is 13.4. The maximum Gasteiger partial charge on any atom is 0.190 e. The van der Waals surface area contributed by atoms with Gasteiger partial charge in [0.15, 0.2) is 5.78 Å². The molecule has 4 aliphatic rings. The molecule has 0 aromatic rings. The van der Waals surface area contributed by atoms with Crippen LogP contribution >= 0.6 is 0 Å². The van der Waals surface area contributed by atoms with Crippen LogP contribution in [-0.2, 0) is 9.59 Å². The number of rotatable bonds is 2. The van der Waals surface area contributed by atoms with E-state index < -0.39 is 23.4 Å². The molecule has 5 nitrogen and oxygen atoms in total. The third kappa shape index (κ3) is 2.20. The summed E-state index contributed by atoms with van der Waals surface area (Å²) in [5, 5.41) is 30.6. The highest BCUT2D eigenvalue weighted by atomic mass is 16.3. The fourth-order valence-corrected chi connectivity index (χ4v) is 7.64. The van der Waals surface area contributed by atoms with Crippen LogP contribution in [0.3, 0.4) is 0 Å². The smallest absolute Gasteiger partial charge is 0.190 e. The Labute approximate surface area is 155 Å². The van der Waals surface area contributed by atoms with E-state index in [2.05, 4.69) is 6.92 Å². The van der Waals surface area contributed by atoms with E-state index in [4.69, 9.17) is 0 Å². The average molecular weight is 364 g/mol. The molecule has 0 radical (unpaired) electrons. The first kappa shape index (κ1) is 18.6. The van der Waals surface area contributed by atoms with Crippen molar-refractivity contribution in [1.29, 1.82) is 0 Å². The number of aliphatic hydroxyl groups is 3. The summed E-state index contributed by atoms with van der Waals surface area (Å²) in [6.45, 7) is 3.46. The molecule has 0 aromatic heterocycles.